The molecule has 0 amide bonds. The molecule has 7 nitrogen and oxygen atoms in total. The van der Waals surface area contributed by atoms with Gasteiger partial charge in [0.15, 0.2) is 6.29 Å². The molecule has 2 heterocycles. The Morgan fingerprint density at radius 1 is 1.67 bits per heavy atom. The van der Waals surface area contributed by atoms with Gasteiger partial charge < -0.3 is 24.2 Å². The first-order valence-corrected chi connectivity index (χ1v) is 6.08. The third-order valence-electron chi connectivity index (χ3n) is 3.02. The van der Waals surface area contributed by atoms with Crippen LogP contribution in [0.15, 0.2) is 6.33 Å². The van der Waals surface area contributed by atoms with Crippen LogP contribution in [0.5, 0.6) is 0 Å². The van der Waals surface area contributed by atoms with Crippen LogP contribution in [0.2, 0.25) is 0 Å². The molecule has 0 saturated carbocycles. The van der Waals surface area contributed by atoms with Crippen molar-refractivity contribution >= 4 is 5.82 Å². The van der Waals surface area contributed by atoms with Crippen LogP contribution in [-0.4, -0.2) is 34.0 Å². The average molecular weight is 255 g/mol. The van der Waals surface area contributed by atoms with E-state index in [2.05, 4.69) is 4.98 Å². The Balaban J connectivity index is 1.81. The number of aromatic nitrogens is 2. The number of nitrogens with zero attached hydrogens (tertiary/aromatic N) is 3. The van der Waals surface area contributed by atoms with Crippen LogP contribution in [0, 0.1) is 17.0 Å². The molecule has 0 bridgehead atoms. The molecule has 18 heavy (non-hydrogen) atoms. The fourth-order valence-corrected chi connectivity index (χ4v) is 1.96. The van der Waals surface area contributed by atoms with E-state index < -0.39 is 4.92 Å². The topological polar surface area (TPSA) is 79.4 Å². The lowest BCUT2D eigenvalue weighted by atomic mass is 10.2. The largest absolute Gasteiger partial charge is 0.384 e. The van der Waals surface area contributed by atoms with E-state index in [0.717, 1.165) is 25.9 Å². The summed E-state index contributed by atoms with van der Waals surface area (Å²) in [5.74, 6) is -0.0936. The molecule has 0 spiro atoms. The van der Waals surface area contributed by atoms with Crippen molar-refractivity contribution in [2.75, 3.05) is 13.2 Å². The molecule has 0 aliphatic carbocycles. The minimum Gasteiger partial charge on any atom is -0.358 e. The van der Waals surface area contributed by atoms with Gasteiger partial charge in [0.1, 0.15) is 5.69 Å². The number of hydrogen-bond acceptors (Lipinski definition) is 5. The van der Waals surface area contributed by atoms with Crippen LogP contribution in [0.1, 0.15) is 25.0 Å². The van der Waals surface area contributed by atoms with Gasteiger partial charge in [-0.25, -0.2) is 0 Å². The predicted octanol–water partition coefficient (Wildman–Crippen LogP) is 1.64. The van der Waals surface area contributed by atoms with Crippen LogP contribution >= 0.6 is 0 Å². The maximum atomic E-state index is 10.6. The number of imidazole rings is 1. The maximum absolute atomic E-state index is 10.6. The second-order valence-corrected chi connectivity index (χ2v) is 4.27. The molecule has 1 saturated heterocycles. The van der Waals surface area contributed by atoms with E-state index in [9.17, 15) is 10.1 Å². The third-order valence-corrected chi connectivity index (χ3v) is 3.02. The molecule has 1 unspecified atom stereocenters. The van der Waals surface area contributed by atoms with Gasteiger partial charge in [0, 0.05) is 13.2 Å². The fraction of sp³-hybridized carbons (Fsp3) is 0.727. The van der Waals surface area contributed by atoms with Gasteiger partial charge in [-0.1, -0.05) is 0 Å². The van der Waals surface area contributed by atoms with Crippen molar-refractivity contribution in [1.29, 1.82) is 0 Å². The van der Waals surface area contributed by atoms with Gasteiger partial charge in [-0.2, -0.15) is 0 Å². The standard InChI is InChI=1S/C11H17N3O4/c1-9-11(14(15)16)12-8-13(9)5-7-18-10-4-2-3-6-17-10/h8,10H,2-7H2,1H3. The van der Waals surface area contributed by atoms with E-state index in [-0.39, 0.29) is 12.1 Å². The minimum absolute atomic E-state index is 0.0936. The van der Waals surface area contributed by atoms with Crippen molar-refractivity contribution in [3.63, 3.8) is 0 Å². The maximum Gasteiger partial charge on any atom is 0.384 e. The summed E-state index contributed by atoms with van der Waals surface area (Å²) in [7, 11) is 0. The molecule has 0 N–H and O–H groups in total. The van der Waals surface area contributed by atoms with Crippen LogP contribution < -0.4 is 0 Å². The lowest BCUT2D eigenvalue weighted by molar-refractivity contribution is -0.389. The van der Waals surface area contributed by atoms with Gasteiger partial charge in [0.05, 0.1) is 6.61 Å². The fourth-order valence-electron chi connectivity index (χ4n) is 1.96. The van der Waals surface area contributed by atoms with Gasteiger partial charge in [-0.15, -0.1) is 0 Å². The summed E-state index contributed by atoms with van der Waals surface area (Å²) in [4.78, 5) is 13.9. The normalized spacial score (nSPS) is 19.9. The van der Waals surface area contributed by atoms with E-state index in [0.29, 0.717) is 18.8 Å². The molecule has 1 aromatic heterocycles. The van der Waals surface area contributed by atoms with E-state index in [1.807, 2.05) is 0 Å². The summed E-state index contributed by atoms with van der Waals surface area (Å²) in [6, 6.07) is 0. The zero-order valence-corrected chi connectivity index (χ0v) is 10.4. The van der Waals surface area contributed by atoms with Crippen LogP contribution in [0.3, 0.4) is 0 Å². The molecule has 1 fully saturated rings. The molecular weight excluding hydrogens is 238 g/mol. The Hall–Kier alpha value is -1.47. The number of rotatable bonds is 5. The Labute approximate surface area is 105 Å². The Kier molecular flexibility index (Phi) is 4.27. The lowest BCUT2D eigenvalue weighted by Crippen LogP contribution is -2.24. The van der Waals surface area contributed by atoms with Gasteiger partial charge in [-0.3, -0.25) is 0 Å². The van der Waals surface area contributed by atoms with Crippen LogP contribution in [-0.2, 0) is 16.0 Å². The lowest BCUT2D eigenvalue weighted by Gasteiger charge is -2.22. The SMILES string of the molecule is Cc1c([N+](=O)[O-])ncn1CCOC1CCCCO1. The van der Waals surface area contributed by atoms with Gasteiger partial charge >= 0.3 is 5.82 Å². The third kappa shape index (κ3) is 3.05. The molecule has 2 rings (SSSR count). The number of nitro groups is 1. The van der Waals surface area contributed by atoms with Crippen molar-refractivity contribution in [3.05, 3.63) is 22.1 Å². The first-order chi connectivity index (χ1) is 8.68. The van der Waals surface area contributed by atoms with Crippen molar-refractivity contribution < 1.29 is 14.4 Å². The Morgan fingerprint density at radius 3 is 3.11 bits per heavy atom. The van der Waals surface area contributed by atoms with Crippen molar-refractivity contribution in [1.82, 2.24) is 9.55 Å². The zero-order chi connectivity index (χ0) is 13.0. The Bertz CT molecular complexity index is 412. The summed E-state index contributed by atoms with van der Waals surface area (Å²) < 4.78 is 12.7. The molecule has 1 aliphatic heterocycles. The molecule has 100 valence electrons. The summed E-state index contributed by atoms with van der Waals surface area (Å²) in [5, 5.41) is 10.6. The van der Waals surface area contributed by atoms with E-state index in [1.165, 1.54) is 6.33 Å². The quantitative estimate of drug-likeness (QED) is 0.590. The first kappa shape index (κ1) is 13.0. The molecule has 1 aliphatic rings. The van der Waals surface area contributed by atoms with Gasteiger partial charge in [0.2, 0.25) is 6.33 Å². The van der Waals surface area contributed by atoms with E-state index in [4.69, 9.17) is 9.47 Å². The molecule has 0 radical (unpaired) electrons. The van der Waals surface area contributed by atoms with Crippen LogP contribution in [0.4, 0.5) is 5.82 Å². The Morgan fingerprint density at radius 2 is 2.50 bits per heavy atom. The summed E-state index contributed by atoms with van der Waals surface area (Å²) in [5.41, 5.74) is 0.549. The van der Waals surface area contributed by atoms with E-state index in [1.54, 1.807) is 11.5 Å². The molecule has 0 aromatic carbocycles. The molecule has 1 aromatic rings. The van der Waals surface area contributed by atoms with Crippen molar-refractivity contribution in [3.8, 4) is 0 Å². The molecular formula is C11H17N3O4. The first-order valence-electron chi connectivity index (χ1n) is 6.08. The highest BCUT2D eigenvalue weighted by Crippen LogP contribution is 2.16. The minimum atomic E-state index is -0.475. The highest BCUT2D eigenvalue weighted by molar-refractivity contribution is 5.25. The van der Waals surface area contributed by atoms with Gasteiger partial charge in [-0.05, 0) is 36.1 Å². The zero-order valence-electron chi connectivity index (χ0n) is 10.4. The monoisotopic (exact) mass is 255 g/mol. The smallest absolute Gasteiger partial charge is 0.358 e. The predicted molar refractivity (Wildman–Crippen MR) is 63.2 cm³/mol. The summed E-state index contributed by atoms with van der Waals surface area (Å²) >= 11 is 0. The van der Waals surface area contributed by atoms with Crippen molar-refractivity contribution in [2.45, 2.75) is 39.0 Å². The van der Waals surface area contributed by atoms with Gasteiger partial charge in [0.25, 0.3) is 0 Å². The number of hydrogen-bond donors (Lipinski definition) is 0. The van der Waals surface area contributed by atoms with Crippen LogP contribution in [0.25, 0.3) is 0 Å². The number of ether oxygens (including phenoxy) is 2. The summed E-state index contributed by atoms with van der Waals surface area (Å²) in [6.07, 6.45) is 4.48. The second-order valence-electron chi connectivity index (χ2n) is 4.27. The second kappa shape index (κ2) is 5.92. The highest BCUT2D eigenvalue weighted by Gasteiger charge is 2.18. The highest BCUT2D eigenvalue weighted by atomic mass is 16.7. The molecule has 7 heteroatoms. The molecule has 1 atom stereocenters. The summed E-state index contributed by atoms with van der Waals surface area (Å²) in [6.45, 7) is 3.45. The average Bonchev–Trinajstić information content (AvgIpc) is 2.73. The van der Waals surface area contributed by atoms with E-state index >= 15 is 0 Å². The van der Waals surface area contributed by atoms with Crippen molar-refractivity contribution in [2.24, 2.45) is 0 Å².